The predicted octanol–water partition coefficient (Wildman–Crippen LogP) is 3.88. The zero-order valence-electron chi connectivity index (χ0n) is 13.2. The van der Waals surface area contributed by atoms with Crippen molar-refractivity contribution < 1.29 is 8.42 Å². The topological polar surface area (TPSA) is 53.2 Å². The predicted molar refractivity (Wildman–Crippen MR) is 95.8 cm³/mol. The molecule has 1 N–H and O–H groups in total. The molecule has 0 saturated heterocycles. The molecule has 3 aromatic rings. The molecule has 124 valence electrons. The van der Waals surface area contributed by atoms with Gasteiger partial charge in [-0.15, -0.1) is 0 Å². The summed E-state index contributed by atoms with van der Waals surface area (Å²) in [7, 11) is -3.48. The zero-order chi connectivity index (χ0) is 16.9. The highest BCUT2D eigenvalue weighted by atomic mass is 35.5. The first kappa shape index (κ1) is 15.7. The summed E-state index contributed by atoms with van der Waals surface area (Å²) >= 11 is 6.05. The highest BCUT2D eigenvalue weighted by Crippen LogP contribution is 2.31. The number of aryl methyl sites for hydroxylation is 1. The summed E-state index contributed by atoms with van der Waals surface area (Å²) in [4.78, 5) is 3.72. The van der Waals surface area contributed by atoms with Crippen LogP contribution in [0.4, 0.5) is 0 Å². The maximum absolute atomic E-state index is 12.9. The van der Waals surface area contributed by atoms with Gasteiger partial charge in [-0.3, -0.25) is 0 Å². The van der Waals surface area contributed by atoms with Crippen LogP contribution in [0.3, 0.4) is 0 Å². The Bertz CT molecular complexity index is 1020. The molecule has 1 aromatic heterocycles. The van der Waals surface area contributed by atoms with E-state index in [0.29, 0.717) is 29.4 Å². The van der Waals surface area contributed by atoms with Crippen LogP contribution in [0.15, 0.2) is 47.4 Å². The number of hydrogen-bond acceptors (Lipinski definition) is 2. The lowest BCUT2D eigenvalue weighted by Crippen LogP contribution is -2.35. The number of halogens is 1. The van der Waals surface area contributed by atoms with Crippen LogP contribution in [0.2, 0.25) is 5.02 Å². The van der Waals surface area contributed by atoms with Crippen molar-refractivity contribution in [1.82, 2.24) is 9.29 Å². The van der Waals surface area contributed by atoms with Gasteiger partial charge in [-0.2, -0.15) is 4.31 Å². The third kappa shape index (κ3) is 2.53. The van der Waals surface area contributed by atoms with Gasteiger partial charge in [0.1, 0.15) is 0 Å². The van der Waals surface area contributed by atoms with E-state index in [0.717, 1.165) is 27.7 Å². The first-order valence-corrected chi connectivity index (χ1v) is 9.63. The number of nitrogens with one attached hydrogen (secondary N) is 1. The number of fused-ring (bicyclic) bond motifs is 3. The summed E-state index contributed by atoms with van der Waals surface area (Å²) in [6.07, 6.45) is 0.673. The second-order valence-corrected chi connectivity index (χ2v) is 8.55. The quantitative estimate of drug-likeness (QED) is 0.754. The molecule has 0 unspecified atom stereocenters. The summed E-state index contributed by atoms with van der Waals surface area (Å²) in [5.41, 5.74) is 4.15. The number of aromatic amines is 1. The first-order valence-electron chi connectivity index (χ1n) is 7.81. The van der Waals surface area contributed by atoms with Crippen LogP contribution in [0.5, 0.6) is 0 Å². The van der Waals surface area contributed by atoms with Gasteiger partial charge in [-0.1, -0.05) is 35.4 Å². The molecule has 2 heterocycles. The Labute approximate surface area is 146 Å². The van der Waals surface area contributed by atoms with Crippen LogP contribution in [0.25, 0.3) is 10.9 Å². The van der Waals surface area contributed by atoms with Gasteiger partial charge < -0.3 is 4.98 Å². The first-order chi connectivity index (χ1) is 11.4. The van der Waals surface area contributed by atoms with E-state index in [1.54, 1.807) is 16.4 Å². The molecule has 0 saturated carbocycles. The summed E-state index contributed by atoms with van der Waals surface area (Å²) < 4.78 is 27.4. The minimum absolute atomic E-state index is 0.347. The standard InChI is InChI=1S/C18H17ClN2O2S/c1-12-2-5-14(6-3-12)24(22,23)21-9-8-17-16(11-21)15-7-4-13(19)10-18(15)20-17/h2-7,10,20H,8-9,11H2,1H3. The summed E-state index contributed by atoms with van der Waals surface area (Å²) in [5, 5.41) is 1.71. The third-order valence-corrected chi connectivity index (χ3v) is 6.66. The lowest BCUT2D eigenvalue weighted by Gasteiger charge is -2.26. The highest BCUT2D eigenvalue weighted by Gasteiger charge is 2.30. The molecule has 0 amide bonds. The fraction of sp³-hybridized carbons (Fsp3) is 0.222. The van der Waals surface area contributed by atoms with Crippen molar-refractivity contribution in [3.63, 3.8) is 0 Å². The van der Waals surface area contributed by atoms with Gasteiger partial charge >= 0.3 is 0 Å². The van der Waals surface area contributed by atoms with Gasteiger partial charge in [0.15, 0.2) is 0 Å². The van der Waals surface area contributed by atoms with Crippen LogP contribution in [0.1, 0.15) is 16.8 Å². The molecule has 24 heavy (non-hydrogen) atoms. The SMILES string of the molecule is Cc1ccc(S(=O)(=O)N2CCc3[nH]c4cc(Cl)ccc4c3C2)cc1. The van der Waals surface area contributed by atoms with E-state index in [1.807, 2.05) is 37.3 Å². The average Bonchev–Trinajstić information content (AvgIpc) is 2.91. The van der Waals surface area contributed by atoms with E-state index in [2.05, 4.69) is 4.98 Å². The average molecular weight is 361 g/mol. The van der Waals surface area contributed by atoms with Crippen molar-refractivity contribution in [3.8, 4) is 0 Å². The summed E-state index contributed by atoms with van der Waals surface area (Å²) in [5.74, 6) is 0. The number of nitrogens with zero attached hydrogens (tertiary/aromatic N) is 1. The molecule has 0 radical (unpaired) electrons. The molecule has 2 aromatic carbocycles. The molecule has 0 spiro atoms. The Kier molecular flexibility index (Phi) is 3.67. The van der Waals surface area contributed by atoms with Gasteiger partial charge in [-0.05, 0) is 36.8 Å². The molecule has 4 nitrogen and oxygen atoms in total. The zero-order valence-corrected chi connectivity index (χ0v) is 14.8. The van der Waals surface area contributed by atoms with Crippen LogP contribution in [-0.2, 0) is 23.0 Å². The fourth-order valence-electron chi connectivity index (χ4n) is 3.23. The van der Waals surface area contributed by atoms with Crippen molar-refractivity contribution >= 4 is 32.5 Å². The Morgan fingerprint density at radius 3 is 2.62 bits per heavy atom. The Hall–Kier alpha value is -1.82. The Morgan fingerprint density at radius 2 is 1.88 bits per heavy atom. The van der Waals surface area contributed by atoms with Gasteiger partial charge in [0, 0.05) is 41.1 Å². The molecule has 6 heteroatoms. The van der Waals surface area contributed by atoms with Gasteiger partial charge in [0.25, 0.3) is 0 Å². The van der Waals surface area contributed by atoms with E-state index in [9.17, 15) is 8.42 Å². The van der Waals surface area contributed by atoms with Crippen LogP contribution in [0, 0.1) is 6.92 Å². The van der Waals surface area contributed by atoms with Gasteiger partial charge in [0.05, 0.1) is 4.90 Å². The largest absolute Gasteiger partial charge is 0.358 e. The lowest BCUT2D eigenvalue weighted by atomic mass is 10.1. The molecule has 0 atom stereocenters. The molecule has 0 fully saturated rings. The van der Waals surface area contributed by atoms with E-state index in [1.165, 1.54) is 0 Å². The van der Waals surface area contributed by atoms with E-state index in [4.69, 9.17) is 11.6 Å². The number of H-pyrrole nitrogens is 1. The second-order valence-electron chi connectivity index (χ2n) is 6.17. The van der Waals surface area contributed by atoms with Crippen LogP contribution < -0.4 is 0 Å². The van der Waals surface area contributed by atoms with Crippen LogP contribution >= 0.6 is 11.6 Å². The van der Waals surface area contributed by atoms with Crippen molar-refractivity contribution in [2.45, 2.75) is 24.8 Å². The van der Waals surface area contributed by atoms with Gasteiger partial charge in [-0.25, -0.2) is 8.42 Å². The molecular weight excluding hydrogens is 344 g/mol. The van der Waals surface area contributed by atoms with E-state index < -0.39 is 10.0 Å². The molecule has 0 aliphatic carbocycles. The molecule has 4 rings (SSSR count). The van der Waals surface area contributed by atoms with Crippen LogP contribution in [-0.4, -0.2) is 24.3 Å². The second kappa shape index (κ2) is 5.62. The maximum atomic E-state index is 12.9. The Morgan fingerprint density at radius 1 is 1.12 bits per heavy atom. The number of sulfonamides is 1. The van der Waals surface area contributed by atoms with Crippen molar-refractivity contribution in [2.75, 3.05) is 6.54 Å². The van der Waals surface area contributed by atoms with Crippen molar-refractivity contribution in [3.05, 3.63) is 64.3 Å². The van der Waals surface area contributed by atoms with E-state index >= 15 is 0 Å². The number of benzene rings is 2. The molecule has 0 bridgehead atoms. The molecule has 1 aliphatic heterocycles. The number of aromatic nitrogens is 1. The minimum Gasteiger partial charge on any atom is -0.358 e. The number of hydrogen-bond donors (Lipinski definition) is 1. The van der Waals surface area contributed by atoms with E-state index in [-0.39, 0.29) is 0 Å². The number of rotatable bonds is 2. The normalized spacial score (nSPS) is 15.6. The summed E-state index contributed by atoms with van der Waals surface area (Å²) in [6.45, 7) is 2.80. The third-order valence-electron chi connectivity index (χ3n) is 4.56. The lowest BCUT2D eigenvalue weighted by molar-refractivity contribution is 0.391. The smallest absolute Gasteiger partial charge is 0.243 e. The minimum atomic E-state index is -3.48. The highest BCUT2D eigenvalue weighted by molar-refractivity contribution is 7.89. The van der Waals surface area contributed by atoms with Crippen molar-refractivity contribution in [2.24, 2.45) is 0 Å². The van der Waals surface area contributed by atoms with Gasteiger partial charge in [0.2, 0.25) is 10.0 Å². The fourth-order valence-corrected chi connectivity index (χ4v) is 4.81. The molecule has 1 aliphatic rings. The molecular formula is C18H17ClN2O2S. The monoisotopic (exact) mass is 360 g/mol. The summed E-state index contributed by atoms with van der Waals surface area (Å²) in [6, 6.07) is 12.7. The Balaban J connectivity index is 1.73. The maximum Gasteiger partial charge on any atom is 0.243 e. The van der Waals surface area contributed by atoms with Crippen molar-refractivity contribution in [1.29, 1.82) is 0 Å².